The highest BCUT2D eigenvalue weighted by Crippen LogP contribution is 2.59. The maximum absolute atomic E-state index is 5.67. The SMILES string of the molecule is NCc1cnc(C2C3CC4CC(C3)CC2C4)[nH]1. The van der Waals surface area contributed by atoms with Crippen LogP contribution >= 0.6 is 0 Å². The molecule has 0 atom stereocenters. The first-order chi connectivity index (χ1) is 8.33. The standard InChI is InChI=1S/C14H21N3/c15-6-12-7-16-14(17-12)13-10-2-8-1-9(4-10)5-11(13)3-8/h7-11,13H,1-6,15H2,(H,16,17). The second-order valence-electron chi connectivity index (χ2n) is 6.45. The van der Waals surface area contributed by atoms with Crippen LogP contribution in [0.5, 0.6) is 0 Å². The van der Waals surface area contributed by atoms with E-state index in [2.05, 4.69) is 9.97 Å². The van der Waals surface area contributed by atoms with E-state index in [1.165, 1.54) is 37.9 Å². The Hall–Kier alpha value is -0.830. The molecule has 0 unspecified atom stereocenters. The first kappa shape index (κ1) is 10.1. The van der Waals surface area contributed by atoms with Crippen LogP contribution in [0.15, 0.2) is 6.20 Å². The van der Waals surface area contributed by atoms with Crippen molar-refractivity contribution >= 4 is 0 Å². The highest BCUT2D eigenvalue weighted by Gasteiger charge is 2.49. The minimum atomic E-state index is 0.584. The number of hydrogen-bond donors (Lipinski definition) is 2. The number of nitrogens with two attached hydrogens (primary N) is 1. The molecule has 0 saturated heterocycles. The Kier molecular flexibility index (Phi) is 2.13. The number of nitrogens with zero attached hydrogens (tertiary/aromatic N) is 1. The second kappa shape index (κ2) is 3.58. The van der Waals surface area contributed by atoms with Gasteiger partial charge in [-0.2, -0.15) is 0 Å². The van der Waals surface area contributed by atoms with Gasteiger partial charge in [0.1, 0.15) is 5.82 Å². The molecule has 0 aliphatic heterocycles. The van der Waals surface area contributed by atoms with Crippen molar-refractivity contribution in [3.8, 4) is 0 Å². The number of aromatic nitrogens is 2. The summed E-state index contributed by atoms with van der Waals surface area (Å²) in [6, 6.07) is 0. The zero-order valence-corrected chi connectivity index (χ0v) is 10.2. The third kappa shape index (κ3) is 1.48. The van der Waals surface area contributed by atoms with Crippen molar-refractivity contribution in [1.82, 2.24) is 9.97 Å². The molecule has 4 saturated carbocycles. The molecule has 3 heteroatoms. The van der Waals surface area contributed by atoms with Crippen LogP contribution in [0.25, 0.3) is 0 Å². The Morgan fingerprint density at radius 2 is 1.76 bits per heavy atom. The van der Waals surface area contributed by atoms with Gasteiger partial charge in [0, 0.05) is 24.4 Å². The fourth-order valence-electron chi connectivity index (χ4n) is 5.02. The van der Waals surface area contributed by atoms with Crippen LogP contribution in [-0.4, -0.2) is 9.97 Å². The van der Waals surface area contributed by atoms with E-state index in [0.717, 1.165) is 29.4 Å². The van der Waals surface area contributed by atoms with Gasteiger partial charge in [0.2, 0.25) is 0 Å². The lowest BCUT2D eigenvalue weighted by molar-refractivity contribution is -0.00541. The molecule has 5 rings (SSSR count). The van der Waals surface area contributed by atoms with Crippen molar-refractivity contribution < 1.29 is 0 Å². The van der Waals surface area contributed by atoms with Crippen LogP contribution in [0.2, 0.25) is 0 Å². The highest BCUT2D eigenvalue weighted by atomic mass is 14.9. The summed E-state index contributed by atoms with van der Waals surface area (Å²) in [4.78, 5) is 8.05. The van der Waals surface area contributed by atoms with Crippen LogP contribution in [0.3, 0.4) is 0 Å². The van der Waals surface area contributed by atoms with E-state index in [1.54, 1.807) is 0 Å². The van der Waals surface area contributed by atoms with Crippen LogP contribution in [0, 0.1) is 23.7 Å². The van der Waals surface area contributed by atoms with Gasteiger partial charge in [0.05, 0.1) is 0 Å². The van der Waals surface area contributed by atoms with Crippen LogP contribution < -0.4 is 5.73 Å². The zero-order valence-electron chi connectivity index (χ0n) is 10.2. The van der Waals surface area contributed by atoms with Gasteiger partial charge in [-0.15, -0.1) is 0 Å². The fourth-order valence-corrected chi connectivity index (χ4v) is 5.02. The lowest BCUT2D eigenvalue weighted by Crippen LogP contribution is -2.44. The Labute approximate surface area is 102 Å². The maximum Gasteiger partial charge on any atom is 0.109 e. The molecule has 4 fully saturated rings. The minimum Gasteiger partial charge on any atom is -0.345 e. The Morgan fingerprint density at radius 3 is 2.29 bits per heavy atom. The van der Waals surface area contributed by atoms with Gasteiger partial charge in [-0.25, -0.2) is 4.98 Å². The summed E-state index contributed by atoms with van der Waals surface area (Å²) < 4.78 is 0. The van der Waals surface area contributed by atoms with E-state index in [1.807, 2.05) is 6.20 Å². The van der Waals surface area contributed by atoms with E-state index in [0.29, 0.717) is 12.5 Å². The van der Waals surface area contributed by atoms with E-state index in [9.17, 15) is 0 Å². The maximum atomic E-state index is 5.67. The summed E-state index contributed by atoms with van der Waals surface area (Å²) in [6.45, 7) is 0.584. The summed E-state index contributed by atoms with van der Waals surface area (Å²) in [5, 5.41) is 0. The summed E-state index contributed by atoms with van der Waals surface area (Å²) in [7, 11) is 0. The van der Waals surface area contributed by atoms with Crippen LogP contribution in [0.1, 0.15) is 49.5 Å². The predicted molar refractivity (Wildman–Crippen MR) is 66.3 cm³/mol. The minimum absolute atomic E-state index is 0.584. The van der Waals surface area contributed by atoms with Crippen molar-refractivity contribution in [2.75, 3.05) is 0 Å². The summed E-state index contributed by atoms with van der Waals surface area (Å²) in [5.41, 5.74) is 6.76. The smallest absolute Gasteiger partial charge is 0.109 e. The first-order valence-electron chi connectivity index (χ1n) is 7.07. The van der Waals surface area contributed by atoms with Gasteiger partial charge < -0.3 is 10.7 Å². The number of aromatic amines is 1. The molecule has 4 aliphatic rings. The molecule has 3 nitrogen and oxygen atoms in total. The Bertz CT molecular complexity index is 395. The third-order valence-corrected chi connectivity index (χ3v) is 5.41. The number of nitrogens with one attached hydrogen (secondary N) is 1. The van der Waals surface area contributed by atoms with E-state index in [4.69, 9.17) is 5.73 Å². The molecule has 0 radical (unpaired) electrons. The molecule has 0 spiro atoms. The zero-order chi connectivity index (χ0) is 11.4. The number of imidazole rings is 1. The molecular weight excluding hydrogens is 210 g/mol. The summed E-state index contributed by atoms with van der Waals surface area (Å²) in [5.74, 6) is 5.84. The van der Waals surface area contributed by atoms with E-state index < -0.39 is 0 Å². The average molecular weight is 231 g/mol. The molecule has 3 N–H and O–H groups in total. The van der Waals surface area contributed by atoms with E-state index in [-0.39, 0.29) is 0 Å². The van der Waals surface area contributed by atoms with Crippen molar-refractivity contribution in [2.45, 2.75) is 44.6 Å². The normalized spacial score (nSPS) is 43.2. The van der Waals surface area contributed by atoms with Crippen molar-refractivity contribution in [2.24, 2.45) is 29.4 Å². The van der Waals surface area contributed by atoms with Crippen LogP contribution in [0.4, 0.5) is 0 Å². The molecule has 1 heterocycles. The quantitative estimate of drug-likeness (QED) is 0.821. The number of hydrogen-bond acceptors (Lipinski definition) is 2. The lowest BCUT2D eigenvalue weighted by atomic mass is 9.52. The Morgan fingerprint density at radius 1 is 1.12 bits per heavy atom. The van der Waals surface area contributed by atoms with Gasteiger partial charge in [0.25, 0.3) is 0 Å². The number of H-pyrrole nitrogens is 1. The summed E-state index contributed by atoms with van der Waals surface area (Å²) >= 11 is 0. The topological polar surface area (TPSA) is 54.7 Å². The average Bonchev–Trinajstić information content (AvgIpc) is 2.76. The molecular formula is C14H21N3. The monoisotopic (exact) mass is 231 g/mol. The van der Waals surface area contributed by atoms with Gasteiger partial charge in [-0.3, -0.25) is 0 Å². The number of rotatable bonds is 2. The molecule has 17 heavy (non-hydrogen) atoms. The van der Waals surface area contributed by atoms with Crippen molar-refractivity contribution in [3.05, 3.63) is 17.7 Å². The van der Waals surface area contributed by atoms with Gasteiger partial charge in [-0.1, -0.05) is 0 Å². The predicted octanol–water partition coefficient (Wildman–Crippen LogP) is 2.41. The van der Waals surface area contributed by atoms with Crippen molar-refractivity contribution in [3.63, 3.8) is 0 Å². The second-order valence-corrected chi connectivity index (χ2v) is 6.45. The lowest BCUT2D eigenvalue weighted by Gasteiger charge is -2.53. The molecule has 4 aliphatic carbocycles. The van der Waals surface area contributed by atoms with E-state index >= 15 is 0 Å². The van der Waals surface area contributed by atoms with Gasteiger partial charge in [0.15, 0.2) is 0 Å². The summed E-state index contributed by atoms with van der Waals surface area (Å²) in [6.07, 6.45) is 9.27. The molecule has 1 aromatic heterocycles. The molecule has 92 valence electrons. The first-order valence-corrected chi connectivity index (χ1v) is 7.07. The molecule has 0 aromatic carbocycles. The molecule has 0 amide bonds. The van der Waals surface area contributed by atoms with Crippen LogP contribution in [-0.2, 0) is 6.54 Å². The Balaban J connectivity index is 1.65. The largest absolute Gasteiger partial charge is 0.345 e. The van der Waals surface area contributed by atoms with Gasteiger partial charge >= 0.3 is 0 Å². The van der Waals surface area contributed by atoms with Crippen molar-refractivity contribution in [1.29, 1.82) is 0 Å². The van der Waals surface area contributed by atoms with Gasteiger partial charge in [-0.05, 0) is 55.8 Å². The molecule has 1 aromatic rings. The third-order valence-electron chi connectivity index (χ3n) is 5.41. The fraction of sp³-hybridized carbons (Fsp3) is 0.786. The highest BCUT2D eigenvalue weighted by molar-refractivity contribution is 5.13. The molecule has 4 bridgehead atoms.